The highest BCUT2D eigenvalue weighted by Crippen LogP contribution is 2.24. The number of hydrazone groups is 1. The first-order valence-corrected chi connectivity index (χ1v) is 10.0. The third-order valence-electron chi connectivity index (χ3n) is 4.08. The third-order valence-corrected chi connectivity index (χ3v) is 4.94. The van der Waals surface area contributed by atoms with Gasteiger partial charge in [0.15, 0.2) is 0 Å². The number of aryl methyl sites for hydroxylation is 1. The van der Waals surface area contributed by atoms with E-state index in [1.54, 1.807) is 0 Å². The van der Waals surface area contributed by atoms with Crippen LogP contribution in [-0.4, -0.2) is 12.2 Å². The van der Waals surface area contributed by atoms with Gasteiger partial charge < -0.3 is 10.1 Å². The summed E-state index contributed by atoms with van der Waals surface area (Å²) in [6.07, 6.45) is 1.53. The lowest BCUT2D eigenvalue weighted by Crippen LogP contribution is -2.24. The lowest BCUT2D eigenvalue weighted by atomic mass is 10.2. The van der Waals surface area contributed by atoms with Crippen molar-refractivity contribution in [1.29, 1.82) is 0 Å². The number of halogens is 2. The molecule has 0 radical (unpaired) electrons. The molecule has 0 fully saturated rings. The van der Waals surface area contributed by atoms with Crippen LogP contribution >= 0.6 is 27.5 Å². The molecule has 0 aliphatic carbocycles. The van der Waals surface area contributed by atoms with E-state index in [0.29, 0.717) is 22.9 Å². The number of carbonyl (C=O) groups is 1. The van der Waals surface area contributed by atoms with Gasteiger partial charge in [0.25, 0.3) is 0 Å². The lowest BCUT2D eigenvalue weighted by molar-refractivity contribution is 0.252. The van der Waals surface area contributed by atoms with Gasteiger partial charge >= 0.3 is 6.03 Å². The molecule has 0 aromatic heterocycles. The predicted octanol–water partition coefficient (Wildman–Crippen LogP) is 6.15. The van der Waals surface area contributed by atoms with E-state index in [2.05, 4.69) is 31.8 Å². The molecule has 7 heteroatoms. The number of hydrogen-bond acceptors (Lipinski definition) is 3. The average Bonchev–Trinajstić information content (AvgIpc) is 2.70. The molecule has 0 aliphatic rings. The van der Waals surface area contributed by atoms with Crippen molar-refractivity contribution in [3.8, 4) is 5.75 Å². The standard InChI is InChI=1S/C22H19BrClN3O2/c1-15-6-2-5-9-20(15)26-22(28)27-25-13-17-12-18(23)10-11-21(17)29-14-16-7-3-4-8-19(16)24/h2-13H,14H2,1H3,(H2,26,27,28). The van der Waals surface area contributed by atoms with Crippen LogP contribution in [0.1, 0.15) is 16.7 Å². The van der Waals surface area contributed by atoms with Gasteiger partial charge in [0, 0.05) is 26.3 Å². The second-order valence-corrected chi connectivity index (χ2v) is 7.52. The lowest BCUT2D eigenvalue weighted by Gasteiger charge is -2.11. The molecule has 29 heavy (non-hydrogen) atoms. The summed E-state index contributed by atoms with van der Waals surface area (Å²) < 4.78 is 6.77. The molecule has 0 heterocycles. The molecule has 0 aliphatic heterocycles. The van der Waals surface area contributed by atoms with Crippen molar-refractivity contribution in [3.63, 3.8) is 0 Å². The Hall–Kier alpha value is -2.83. The Morgan fingerprint density at radius 1 is 1.14 bits per heavy atom. The number of rotatable bonds is 6. The summed E-state index contributed by atoms with van der Waals surface area (Å²) in [6.45, 7) is 2.24. The van der Waals surface area contributed by atoms with E-state index in [-0.39, 0.29) is 0 Å². The summed E-state index contributed by atoms with van der Waals surface area (Å²) >= 11 is 9.62. The van der Waals surface area contributed by atoms with Crippen LogP contribution in [0.2, 0.25) is 5.02 Å². The SMILES string of the molecule is Cc1ccccc1NC(=O)NN=Cc1cc(Br)ccc1OCc1ccccc1Cl. The first-order chi connectivity index (χ1) is 14.0. The van der Waals surface area contributed by atoms with E-state index in [1.165, 1.54) is 6.21 Å². The fourth-order valence-electron chi connectivity index (χ4n) is 2.55. The first kappa shape index (κ1) is 20.9. The van der Waals surface area contributed by atoms with E-state index in [0.717, 1.165) is 21.3 Å². The zero-order valence-electron chi connectivity index (χ0n) is 15.7. The molecule has 0 saturated carbocycles. The van der Waals surface area contributed by atoms with E-state index >= 15 is 0 Å². The van der Waals surface area contributed by atoms with Crippen molar-refractivity contribution in [2.24, 2.45) is 5.10 Å². The van der Waals surface area contributed by atoms with Gasteiger partial charge in [-0.1, -0.05) is 63.9 Å². The highest BCUT2D eigenvalue weighted by Gasteiger charge is 2.06. The molecule has 0 bridgehead atoms. The van der Waals surface area contributed by atoms with Crippen molar-refractivity contribution >= 4 is 45.5 Å². The topological polar surface area (TPSA) is 62.7 Å². The molecule has 0 spiro atoms. The molecule has 5 nitrogen and oxygen atoms in total. The Bertz CT molecular complexity index is 1040. The number of nitrogens with zero attached hydrogens (tertiary/aromatic N) is 1. The quantitative estimate of drug-likeness (QED) is 0.334. The van der Waals surface area contributed by atoms with Crippen molar-refractivity contribution in [2.75, 3.05) is 5.32 Å². The Morgan fingerprint density at radius 2 is 1.90 bits per heavy atom. The van der Waals surface area contributed by atoms with Crippen LogP contribution in [0, 0.1) is 6.92 Å². The van der Waals surface area contributed by atoms with Crippen molar-refractivity contribution in [2.45, 2.75) is 13.5 Å². The van der Waals surface area contributed by atoms with E-state index < -0.39 is 6.03 Å². The minimum atomic E-state index is -0.427. The minimum Gasteiger partial charge on any atom is -0.488 e. The van der Waals surface area contributed by atoms with Gasteiger partial charge in [0.05, 0.1) is 6.21 Å². The fourth-order valence-corrected chi connectivity index (χ4v) is 3.12. The summed E-state index contributed by atoms with van der Waals surface area (Å²) in [5, 5.41) is 7.43. The van der Waals surface area contributed by atoms with Gasteiger partial charge in [-0.15, -0.1) is 0 Å². The number of hydrogen-bond donors (Lipinski definition) is 2. The van der Waals surface area contributed by atoms with Gasteiger partial charge in [0.2, 0.25) is 0 Å². The molecule has 2 N–H and O–H groups in total. The van der Waals surface area contributed by atoms with Gasteiger partial charge in [-0.25, -0.2) is 10.2 Å². The average molecular weight is 473 g/mol. The van der Waals surface area contributed by atoms with Crippen LogP contribution in [-0.2, 0) is 6.61 Å². The van der Waals surface area contributed by atoms with Crippen molar-refractivity contribution < 1.29 is 9.53 Å². The molecule has 3 aromatic carbocycles. The molecule has 0 atom stereocenters. The van der Waals surface area contributed by atoms with Gasteiger partial charge in [-0.05, 0) is 42.8 Å². The first-order valence-electron chi connectivity index (χ1n) is 8.84. The molecule has 2 amide bonds. The number of para-hydroxylation sites is 1. The normalized spacial score (nSPS) is 10.7. The summed E-state index contributed by atoms with van der Waals surface area (Å²) in [6, 6.07) is 20.2. The molecule has 0 saturated heterocycles. The largest absolute Gasteiger partial charge is 0.488 e. The minimum absolute atomic E-state index is 0.323. The number of amides is 2. The number of urea groups is 1. The van der Waals surface area contributed by atoms with Crippen LogP contribution in [0.3, 0.4) is 0 Å². The van der Waals surface area contributed by atoms with Crippen LogP contribution in [0.25, 0.3) is 0 Å². The zero-order valence-corrected chi connectivity index (χ0v) is 18.0. The smallest absolute Gasteiger partial charge is 0.339 e. The maximum absolute atomic E-state index is 12.1. The van der Waals surface area contributed by atoms with Crippen molar-refractivity contribution in [1.82, 2.24) is 5.43 Å². The Balaban J connectivity index is 1.65. The number of carbonyl (C=O) groups excluding carboxylic acids is 1. The molecule has 148 valence electrons. The number of nitrogens with one attached hydrogen (secondary N) is 2. The third kappa shape index (κ3) is 6.07. The highest BCUT2D eigenvalue weighted by atomic mass is 79.9. The van der Waals surface area contributed by atoms with Crippen molar-refractivity contribution in [3.05, 3.63) is 92.9 Å². The maximum atomic E-state index is 12.1. The molecule has 3 aromatic rings. The molecular weight excluding hydrogens is 454 g/mol. The summed E-state index contributed by atoms with van der Waals surface area (Å²) in [4.78, 5) is 12.1. The van der Waals surface area contributed by atoms with Crippen LogP contribution < -0.4 is 15.5 Å². The number of anilines is 1. The fraction of sp³-hybridized carbons (Fsp3) is 0.0909. The van der Waals surface area contributed by atoms with E-state index in [9.17, 15) is 4.79 Å². The molecular formula is C22H19BrClN3O2. The van der Waals surface area contributed by atoms with Crippen LogP contribution in [0.5, 0.6) is 5.75 Å². The van der Waals surface area contributed by atoms with E-state index in [4.69, 9.17) is 16.3 Å². The molecule has 3 rings (SSSR count). The predicted molar refractivity (Wildman–Crippen MR) is 121 cm³/mol. The van der Waals surface area contributed by atoms with Gasteiger partial charge in [0.1, 0.15) is 12.4 Å². The number of benzene rings is 3. The highest BCUT2D eigenvalue weighted by molar-refractivity contribution is 9.10. The summed E-state index contributed by atoms with van der Waals surface area (Å²) in [5.74, 6) is 0.623. The Labute approximate surface area is 182 Å². The zero-order chi connectivity index (χ0) is 20.6. The summed E-state index contributed by atoms with van der Waals surface area (Å²) in [5.41, 5.74) is 5.75. The Kier molecular flexibility index (Phi) is 7.27. The number of ether oxygens (including phenoxy) is 1. The van der Waals surface area contributed by atoms with Crippen LogP contribution in [0.15, 0.2) is 76.3 Å². The van der Waals surface area contributed by atoms with Gasteiger partial charge in [-0.2, -0.15) is 5.10 Å². The maximum Gasteiger partial charge on any atom is 0.339 e. The monoisotopic (exact) mass is 471 g/mol. The Morgan fingerprint density at radius 3 is 2.69 bits per heavy atom. The molecule has 0 unspecified atom stereocenters. The summed E-state index contributed by atoms with van der Waals surface area (Å²) in [7, 11) is 0. The van der Waals surface area contributed by atoms with Crippen LogP contribution in [0.4, 0.5) is 10.5 Å². The van der Waals surface area contributed by atoms with Gasteiger partial charge in [-0.3, -0.25) is 0 Å². The second-order valence-electron chi connectivity index (χ2n) is 6.20. The van der Waals surface area contributed by atoms with E-state index in [1.807, 2.05) is 73.7 Å². The second kappa shape index (κ2) is 10.1.